The number of rotatable bonds is 5. The van der Waals surface area contributed by atoms with Gasteiger partial charge in [0.15, 0.2) is 0 Å². The summed E-state index contributed by atoms with van der Waals surface area (Å²) in [4.78, 5) is 13.4. The number of hydrogen-bond donors (Lipinski definition) is 1. The molecule has 0 heterocycles. The zero-order valence-electron chi connectivity index (χ0n) is 11.0. The van der Waals surface area contributed by atoms with Crippen LogP contribution in [0.5, 0.6) is 0 Å². The molecule has 2 N–H and O–H groups in total. The molecular weight excluding hydrogens is 188 g/mol. The van der Waals surface area contributed by atoms with E-state index in [-0.39, 0.29) is 17.4 Å². The maximum absolute atomic E-state index is 11.3. The fraction of sp³-hybridized carbons (Fsp3) is 0.917. The zero-order valence-corrected chi connectivity index (χ0v) is 11.0. The minimum atomic E-state index is -0.213. The maximum Gasteiger partial charge on any atom is 0.234 e. The van der Waals surface area contributed by atoms with Crippen molar-refractivity contribution in [1.82, 2.24) is 4.90 Å². The van der Waals surface area contributed by atoms with E-state index in [0.29, 0.717) is 5.92 Å². The van der Waals surface area contributed by atoms with Crippen LogP contribution < -0.4 is 5.73 Å². The molecule has 0 aromatic heterocycles. The molecule has 0 spiro atoms. The monoisotopic (exact) mass is 214 g/mol. The third kappa shape index (κ3) is 6.50. The first-order valence-electron chi connectivity index (χ1n) is 5.63. The third-order valence-electron chi connectivity index (χ3n) is 2.28. The quantitative estimate of drug-likeness (QED) is 0.759. The van der Waals surface area contributed by atoms with Crippen LogP contribution in [0.25, 0.3) is 0 Å². The van der Waals surface area contributed by atoms with Crippen molar-refractivity contribution in [1.29, 1.82) is 0 Å². The summed E-state index contributed by atoms with van der Waals surface area (Å²) in [5.74, 6) is 0.278. The van der Waals surface area contributed by atoms with E-state index in [1.807, 2.05) is 7.05 Å². The molecule has 0 aliphatic rings. The van der Waals surface area contributed by atoms with Crippen molar-refractivity contribution in [3.63, 3.8) is 0 Å². The van der Waals surface area contributed by atoms with Crippen LogP contribution in [0.2, 0.25) is 0 Å². The average Bonchev–Trinajstić information content (AvgIpc) is 1.95. The van der Waals surface area contributed by atoms with Crippen molar-refractivity contribution in [2.45, 2.75) is 47.1 Å². The summed E-state index contributed by atoms with van der Waals surface area (Å²) < 4.78 is 0. The third-order valence-corrected chi connectivity index (χ3v) is 2.28. The fourth-order valence-electron chi connectivity index (χ4n) is 1.82. The molecule has 15 heavy (non-hydrogen) atoms. The van der Waals surface area contributed by atoms with Crippen LogP contribution in [0.4, 0.5) is 0 Å². The first-order valence-corrected chi connectivity index (χ1v) is 5.63. The van der Waals surface area contributed by atoms with Crippen LogP contribution in [0.15, 0.2) is 0 Å². The molecule has 0 saturated heterocycles. The van der Waals surface area contributed by atoms with E-state index in [0.717, 1.165) is 13.0 Å². The molecule has 0 aliphatic heterocycles. The molecule has 1 atom stereocenters. The van der Waals surface area contributed by atoms with Crippen LogP contribution in [0, 0.1) is 11.3 Å². The second kappa shape index (κ2) is 5.50. The SMILES string of the molecule is CC(C)C[C@@H](C(N)=O)N(C)CC(C)(C)C. The fourth-order valence-corrected chi connectivity index (χ4v) is 1.82. The van der Waals surface area contributed by atoms with Gasteiger partial charge in [0.05, 0.1) is 6.04 Å². The Labute approximate surface area is 94.0 Å². The number of primary amides is 1. The number of carbonyl (C=O) groups excluding carboxylic acids is 1. The molecule has 3 heteroatoms. The Kier molecular flexibility index (Phi) is 5.29. The number of amides is 1. The Morgan fingerprint density at radius 2 is 1.80 bits per heavy atom. The van der Waals surface area contributed by atoms with Crippen molar-refractivity contribution >= 4 is 5.91 Å². The molecule has 0 fully saturated rings. The summed E-state index contributed by atoms with van der Waals surface area (Å²) in [6.45, 7) is 11.6. The summed E-state index contributed by atoms with van der Waals surface area (Å²) in [5, 5.41) is 0. The van der Waals surface area contributed by atoms with Gasteiger partial charge in [-0.2, -0.15) is 0 Å². The van der Waals surface area contributed by atoms with Crippen LogP contribution >= 0.6 is 0 Å². The highest BCUT2D eigenvalue weighted by Crippen LogP contribution is 2.18. The van der Waals surface area contributed by atoms with Gasteiger partial charge in [-0.1, -0.05) is 34.6 Å². The topological polar surface area (TPSA) is 46.3 Å². The van der Waals surface area contributed by atoms with Crippen LogP contribution in [-0.4, -0.2) is 30.4 Å². The summed E-state index contributed by atoms with van der Waals surface area (Å²) in [6.07, 6.45) is 0.835. The molecule has 0 unspecified atom stereocenters. The van der Waals surface area contributed by atoms with Gasteiger partial charge >= 0.3 is 0 Å². The van der Waals surface area contributed by atoms with E-state index >= 15 is 0 Å². The molecule has 0 aromatic carbocycles. The van der Waals surface area contributed by atoms with Crippen molar-refractivity contribution in [2.75, 3.05) is 13.6 Å². The van der Waals surface area contributed by atoms with Crippen molar-refractivity contribution in [2.24, 2.45) is 17.1 Å². The minimum absolute atomic E-state index is 0.135. The number of likely N-dealkylation sites (N-methyl/N-ethyl adjacent to an activating group) is 1. The highest BCUT2D eigenvalue weighted by atomic mass is 16.1. The molecule has 0 aromatic rings. The number of hydrogen-bond acceptors (Lipinski definition) is 2. The van der Waals surface area contributed by atoms with Crippen LogP contribution in [0.3, 0.4) is 0 Å². The summed E-state index contributed by atoms with van der Waals surface area (Å²) in [7, 11) is 1.98. The van der Waals surface area contributed by atoms with Gasteiger partial charge in [-0.05, 0) is 24.8 Å². The largest absolute Gasteiger partial charge is 0.368 e. The van der Waals surface area contributed by atoms with Crippen molar-refractivity contribution < 1.29 is 4.79 Å². The lowest BCUT2D eigenvalue weighted by Crippen LogP contribution is -2.46. The highest BCUT2D eigenvalue weighted by Gasteiger charge is 2.25. The van der Waals surface area contributed by atoms with E-state index in [2.05, 4.69) is 39.5 Å². The Morgan fingerprint density at radius 1 is 1.33 bits per heavy atom. The second-order valence-corrected chi connectivity index (χ2v) is 6.02. The lowest BCUT2D eigenvalue weighted by Gasteiger charge is -2.32. The molecule has 0 aliphatic carbocycles. The Morgan fingerprint density at radius 3 is 2.07 bits per heavy atom. The lowest BCUT2D eigenvalue weighted by atomic mass is 9.94. The summed E-state index contributed by atoms with van der Waals surface area (Å²) in [6, 6.07) is -0.135. The van der Waals surface area contributed by atoms with E-state index in [1.54, 1.807) is 0 Å². The Balaban J connectivity index is 4.42. The minimum Gasteiger partial charge on any atom is -0.368 e. The van der Waals surface area contributed by atoms with Gasteiger partial charge < -0.3 is 5.73 Å². The standard InChI is InChI=1S/C12H26N2O/c1-9(2)7-10(11(13)15)14(6)8-12(3,4)5/h9-10H,7-8H2,1-6H3,(H2,13,15)/t10-/m0/s1. The first-order chi connectivity index (χ1) is 6.63. The molecule has 0 rings (SSSR count). The van der Waals surface area contributed by atoms with Gasteiger partial charge in [0.1, 0.15) is 0 Å². The number of carbonyl (C=O) groups is 1. The second-order valence-electron chi connectivity index (χ2n) is 6.02. The maximum atomic E-state index is 11.3. The Hall–Kier alpha value is -0.570. The summed E-state index contributed by atoms with van der Waals surface area (Å²) in [5.41, 5.74) is 5.62. The molecule has 3 nitrogen and oxygen atoms in total. The highest BCUT2D eigenvalue weighted by molar-refractivity contribution is 5.79. The zero-order chi connectivity index (χ0) is 12.2. The summed E-state index contributed by atoms with van der Waals surface area (Å²) >= 11 is 0. The Bertz CT molecular complexity index is 206. The van der Waals surface area contributed by atoms with Crippen molar-refractivity contribution in [3.05, 3.63) is 0 Å². The molecular formula is C12H26N2O. The molecule has 0 saturated carbocycles. The van der Waals surface area contributed by atoms with Crippen LogP contribution in [0.1, 0.15) is 41.0 Å². The van der Waals surface area contributed by atoms with E-state index < -0.39 is 0 Å². The first kappa shape index (κ1) is 14.4. The van der Waals surface area contributed by atoms with Crippen LogP contribution in [-0.2, 0) is 4.79 Å². The smallest absolute Gasteiger partial charge is 0.234 e. The normalized spacial score (nSPS) is 14.7. The lowest BCUT2D eigenvalue weighted by molar-refractivity contribution is -0.123. The molecule has 0 bridgehead atoms. The molecule has 90 valence electrons. The van der Waals surface area contributed by atoms with Gasteiger partial charge in [-0.25, -0.2) is 0 Å². The van der Waals surface area contributed by atoms with Gasteiger partial charge in [0.2, 0.25) is 5.91 Å². The van der Waals surface area contributed by atoms with Gasteiger partial charge in [0.25, 0.3) is 0 Å². The molecule has 0 radical (unpaired) electrons. The van der Waals surface area contributed by atoms with E-state index in [1.165, 1.54) is 0 Å². The predicted molar refractivity (Wildman–Crippen MR) is 64.5 cm³/mol. The van der Waals surface area contributed by atoms with E-state index in [9.17, 15) is 4.79 Å². The van der Waals surface area contributed by atoms with Gasteiger partial charge in [-0.3, -0.25) is 9.69 Å². The predicted octanol–water partition coefficient (Wildman–Crippen LogP) is 1.86. The van der Waals surface area contributed by atoms with Gasteiger partial charge in [-0.15, -0.1) is 0 Å². The van der Waals surface area contributed by atoms with Gasteiger partial charge in [0, 0.05) is 6.54 Å². The molecule has 1 amide bonds. The number of nitrogens with two attached hydrogens (primary N) is 1. The average molecular weight is 214 g/mol. The van der Waals surface area contributed by atoms with E-state index in [4.69, 9.17) is 5.73 Å². The van der Waals surface area contributed by atoms with Crippen molar-refractivity contribution in [3.8, 4) is 0 Å². The number of nitrogens with zero attached hydrogens (tertiary/aromatic N) is 1.